The molecule has 0 atom stereocenters. The average Bonchev–Trinajstić information content (AvgIpc) is 2.70. The van der Waals surface area contributed by atoms with Gasteiger partial charge in [-0.2, -0.15) is 0 Å². The summed E-state index contributed by atoms with van der Waals surface area (Å²) < 4.78 is 11.3. The number of hydrogen-bond acceptors (Lipinski definition) is 4. The Hall–Kier alpha value is -3.02. The lowest BCUT2D eigenvalue weighted by atomic mass is 10.1. The van der Waals surface area contributed by atoms with Crippen LogP contribution in [0.15, 0.2) is 48.5 Å². The molecule has 0 unspecified atom stereocenters. The second kappa shape index (κ2) is 11.1. The maximum atomic E-state index is 12.3. The maximum Gasteiger partial charge on any atom is 0.269 e. The zero-order valence-corrected chi connectivity index (χ0v) is 17.5. The minimum absolute atomic E-state index is 0.405. The summed E-state index contributed by atoms with van der Waals surface area (Å²) in [6.45, 7) is 9.60. The van der Waals surface area contributed by atoms with Crippen LogP contribution in [0.3, 0.4) is 0 Å². The quantitative estimate of drug-likeness (QED) is 0.620. The number of amides is 2. The molecule has 0 aromatic heterocycles. The Labute approximate surface area is 172 Å². The molecule has 6 heteroatoms. The van der Waals surface area contributed by atoms with Crippen LogP contribution in [-0.4, -0.2) is 25.0 Å². The van der Waals surface area contributed by atoms with Crippen LogP contribution in [0.1, 0.15) is 54.8 Å². The lowest BCUT2D eigenvalue weighted by Crippen LogP contribution is -2.41. The third-order valence-corrected chi connectivity index (χ3v) is 4.05. The molecular weight excluding hydrogens is 368 g/mol. The van der Waals surface area contributed by atoms with E-state index >= 15 is 0 Å². The largest absolute Gasteiger partial charge is 0.494 e. The van der Waals surface area contributed by atoms with Gasteiger partial charge in [-0.05, 0) is 60.7 Å². The summed E-state index contributed by atoms with van der Waals surface area (Å²) in [5.41, 5.74) is 5.68. The van der Waals surface area contributed by atoms with Crippen molar-refractivity contribution in [1.82, 2.24) is 10.9 Å². The monoisotopic (exact) mass is 398 g/mol. The molecule has 0 heterocycles. The molecule has 0 aliphatic carbocycles. The number of hydrazine groups is 1. The molecule has 2 aromatic carbocycles. The predicted octanol–water partition coefficient (Wildman–Crippen LogP) is 4.22. The minimum Gasteiger partial charge on any atom is -0.494 e. The molecule has 0 bridgehead atoms. The Morgan fingerprint density at radius 1 is 0.793 bits per heavy atom. The van der Waals surface area contributed by atoms with Crippen molar-refractivity contribution in [3.63, 3.8) is 0 Å². The summed E-state index contributed by atoms with van der Waals surface area (Å²) in [6.07, 6.45) is 0.938. The van der Waals surface area contributed by atoms with Gasteiger partial charge in [0.1, 0.15) is 11.5 Å². The highest BCUT2D eigenvalue weighted by Crippen LogP contribution is 2.15. The van der Waals surface area contributed by atoms with Crippen molar-refractivity contribution >= 4 is 11.8 Å². The van der Waals surface area contributed by atoms with E-state index in [0.29, 0.717) is 47.7 Å². The zero-order valence-electron chi connectivity index (χ0n) is 17.5. The maximum absolute atomic E-state index is 12.3. The van der Waals surface area contributed by atoms with Gasteiger partial charge >= 0.3 is 0 Å². The second-order valence-corrected chi connectivity index (χ2v) is 7.70. The molecule has 0 spiro atoms. The highest BCUT2D eigenvalue weighted by molar-refractivity contribution is 5.99. The standard InChI is InChI=1S/C23H30N2O4/c1-16(2)12-13-28-21-7-5-6-19(14-21)23(27)25-24-22(26)18-8-10-20(11-9-18)29-15-17(3)4/h5-11,14,16-17H,12-13,15H2,1-4H3,(H,24,26)(H,25,27). The van der Waals surface area contributed by atoms with Crippen LogP contribution < -0.4 is 20.3 Å². The summed E-state index contributed by atoms with van der Waals surface area (Å²) in [4.78, 5) is 24.6. The van der Waals surface area contributed by atoms with Gasteiger partial charge in [-0.3, -0.25) is 20.4 Å². The van der Waals surface area contributed by atoms with E-state index in [1.165, 1.54) is 0 Å². The first kappa shape index (κ1) is 22.3. The van der Waals surface area contributed by atoms with E-state index < -0.39 is 11.8 Å². The van der Waals surface area contributed by atoms with E-state index in [2.05, 4.69) is 38.5 Å². The Kier molecular flexibility index (Phi) is 8.52. The topological polar surface area (TPSA) is 76.7 Å². The van der Waals surface area contributed by atoms with E-state index in [1.54, 1.807) is 48.5 Å². The van der Waals surface area contributed by atoms with Crippen molar-refractivity contribution in [3.05, 3.63) is 59.7 Å². The summed E-state index contributed by atoms with van der Waals surface area (Å²) >= 11 is 0. The summed E-state index contributed by atoms with van der Waals surface area (Å²) in [7, 11) is 0. The van der Waals surface area contributed by atoms with Gasteiger partial charge in [0.05, 0.1) is 13.2 Å². The van der Waals surface area contributed by atoms with Gasteiger partial charge in [0.15, 0.2) is 0 Å². The van der Waals surface area contributed by atoms with Crippen LogP contribution >= 0.6 is 0 Å². The minimum atomic E-state index is -0.412. The van der Waals surface area contributed by atoms with Crippen LogP contribution in [0.4, 0.5) is 0 Å². The lowest BCUT2D eigenvalue weighted by Gasteiger charge is -2.11. The SMILES string of the molecule is CC(C)CCOc1cccc(C(=O)NNC(=O)c2ccc(OCC(C)C)cc2)c1. The molecule has 156 valence electrons. The molecule has 2 rings (SSSR count). The van der Waals surface area contributed by atoms with Crippen LogP contribution in [0.2, 0.25) is 0 Å². The van der Waals surface area contributed by atoms with Crippen molar-refractivity contribution in [3.8, 4) is 11.5 Å². The van der Waals surface area contributed by atoms with Gasteiger partial charge in [0.2, 0.25) is 0 Å². The molecule has 0 saturated carbocycles. The van der Waals surface area contributed by atoms with Crippen LogP contribution in [0.25, 0.3) is 0 Å². The van der Waals surface area contributed by atoms with E-state index in [0.717, 1.165) is 6.42 Å². The molecule has 2 amide bonds. The highest BCUT2D eigenvalue weighted by atomic mass is 16.5. The fraction of sp³-hybridized carbons (Fsp3) is 0.391. The summed E-state index contributed by atoms with van der Waals surface area (Å²) in [5, 5.41) is 0. The van der Waals surface area contributed by atoms with Crippen LogP contribution in [0, 0.1) is 11.8 Å². The average molecular weight is 399 g/mol. The van der Waals surface area contributed by atoms with E-state index in [9.17, 15) is 9.59 Å². The van der Waals surface area contributed by atoms with E-state index in [-0.39, 0.29) is 0 Å². The number of carbonyl (C=O) groups is 2. The van der Waals surface area contributed by atoms with Crippen molar-refractivity contribution < 1.29 is 19.1 Å². The smallest absolute Gasteiger partial charge is 0.269 e. The highest BCUT2D eigenvalue weighted by Gasteiger charge is 2.10. The fourth-order valence-electron chi connectivity index (χ4n) is 2.36. The van der Waals surface area contributed by atoms with Crippen LogP contribution in [-0.2, 0) is 0 Å². The molecule has 2 aromatic rings. The molecular formula is C23H30N2O4. The predicted molar refractivity (Wildman–Crippen MR) is 113 cm³/mol. The molecule has 0 aliphatic heterocycles. The Balaban J connectivity index is 1.86. The summed E-state index contributed by atoms with van der Waals surface area (Å²) in [6, 6.07) is 13.6. The van der Waals surface area contributed by atoms with Crippen molar-refractivity contribution in [2.75, 3.05) is 13.2 Å². The van der Waals surface area contributed by atoms with Crippen molar-refractivity contribution in [2.24, 2.45) is 11.8 Å². The van der Waals surface area contributed by atoms with Gasteiger partial charge in [-0.1, -0.05) is 33.8 Å². The lowest BCUT2D eigenvalue weighted by molar-refractivity contribution is 0.0846. The molecule has 29 heavy (non-hydrogen) atoms. The van der Waals surface area contributed by atoms with E-state index in [4.69, 9.17) is 9.47 Å². The first-order chi connectivity index (χ1) is 13.8. The molecule has 6 nitrogen and oxygen atoms in total. The van der Waals surface area contributed by atoms with Gasteiger partial charge in [-0.25, -0.2) is 0 Å². The first-order valence-corrected chi connectivity index (χ1v) is 9.91. The number of rotatable bonds is 9. The fourth-order valence-corrected chi connectivity index (χ4v) is 2.36. The molecule has 0 aliphatic rings. The van der Waals surface area contributed by atoms with E-state index in [1.807, 2.05) is 0 Å². The third-order valence-electron chi connectivity index (χ3n) is 4.05. The summed E-state index contributed by atoms with van der Waals surface area (Å²) in [5.74, 6) is 1.48. The third kappa shape index (κ3) is 7.86. The van der Waals surface area contributed by atoms with Crippen molar-refractivity contribution in [2.45, 2.75) is 34.1 Å². The van der Waals surface area contributed by atoms with Crippen molar-refractivity contribution in [1.29, 1.82) is 0 Å². The number of benzene rings is 2. The Bertz CT molecular complexity index is 801. The Morgan fingerprint density at radius 2 is 1.45 bits per heavy atom. The zero-order chi connectivity index (χ0) is 21.2. The van der Waals surface area contributed by atoms with Gasteiger partial charge in [0.25, 0.3) is 11.8 Å². The van der Waals surface area contributed by atoms with Crippen LogP contribution in [0.5, 0.6) is 11.5 Å². The molecule has 0 fully saturated rings. The second-order valence-electron chi connectivity index (χ2n) is 7.70. The molecule has 0 radical (unpaired) electrons. The first-order valence-electron chi connectivity index (χ1n) is 9.91. The van der Waals surface area contributed by atoms with Gasteiger partial charge in [0, 0.05) is 11.1 Å². The molecule has 0 saturated heterocycles. The van der Waals surface area contributed by atoms with Gasteiger partial charge < -0.3 is 9.47 Å². The molecule has 2 N–H and O–H groups in total. The number of hydrogen-bond donors (Lipinski definition) is 2. The number of ether oxygens (including phenoxy) is 2. The normalized spacial score (nSPS) is 10.7. The number of nitrogens with one attached hydrogen (secondary N) is 2. The van der Waals surface area contributed by atoms with Gasteiger partial charge in [-0.15, -0.1) is 0 Å². The Morgan fingerprint density at radius 3 is 2.07 bits per heavy atom. The number of carbonyl (C=O) groups excluding carboxylic acids is 2.